The highest BCUT2D eigenvalue weighted by Crippen LogP contribution is 2.28. The van der Waals surface area contributed by atoms with E-state index in [1.165, 1.54) is 4.68 Å². The molecule has 24 heteroatoms. The highest BCUT2D eigenvalue weighted by molar-refractivity contribution is 5.82. The van der Waals surface area contributed by atoms with Crippen LogP contribution in [-0.2, 0) is 35.0 Å². The van der Waals surface area contributed by atoms with E-state index in [0.29, 0.717) is 134 Å². The first kappa shape index (κ1) is 54.8. The summed E-state index contributed by atoms with van der Waals surface area (Å²) in [6, 6.07) is 4.40. The van der Waals surface area contributed by atoms with Gasteiger partial charge in [0.25, 0.3) is 0 Å². The molecule has 0 radical (unpaired) electrons. The normalized spacial score (nSPS) is 16.3. The zero-order chi connectivity index (χ0) is 51.6. The molecule has 0 bridgehead atoms. The minimum Gasteiger partial charge on any atom is -0.508 e. The Hall–Kier alpha value is -6.52. The number of phenols is 1. The van der Waals surface area contributed by atoms with Crippen LogP contribution in [0, 0.1) is 24.2 Å². The van der Waals surface area contributed by atoms with E-state index in [1.807, 2.05) is 27.8 Å². The molecule has 3 aromatic heterocycles. The number of carbonyl (C=O) groups excluding carboxylic acids is 2. The number of terminal acetylenes is 1. The summed E-state index contributed by atoms with van der Waals surface area (Å²) in [4.78, 5) is 62.4. The maximum Gasteiger partial charge on any atom is 0.303 e. The van der Waals surface area contributed by atoms with Crippen molar-refractivity contribution in [1.82, 2.24) is 54.7 Å². The predicted octanol–water partition coefficient (Wildman–Crippen LogP) is 1.83. The third-order valence-corrected chi connectivity index (χ3v) is 12.7. The molecule has 2 aliphatic heterocycles. The van der Waals surface area contributed by atoms with Crippen LogP contribution in [0.3, 0.4) is 0 Å². The van der Waals surface area contributed by atoms with Gasteiger partial charge in [0.15, 0.2) is 0 Å². The van der Waals surface area contributed by atoms with E-state index in [1.54, 1.807) is 40.0 Å². The summed E-state index contributed by atoms with van der Waals surface area (Å²) in [5, 5.41) is 39.8. The summed E-state index contributed by atoms with van der Waals surface area (Å²) >= 11 is 0. The topological polar surface area (TPSA) is 296 Å². The Morgan fingerprint density at radius 2 is 1.32 bits per heavy atom. The highest BCUT2D eigenvalue weighted by Gasteiger charge is 2.35. The van der Waals surface area contributed by atoms with Gasteiger partial charge in [-0.2, -0.15) is 15.0 Å². The van der Waals surface area contributed by atoms with Gasteiger partial charge in [-0.1, -0.05) is 62.6 Å². The second kappa shape index (κ2) is 27.3. The number of benzene rings is 1. The van der Waals surface area contributed by atoms with Gasteiger partial charge >= 0.3 is 5.97 Å². The number of nitrogens with two attached hydrogens (primary N) is 2. The Labute approximate surface area is 420 Å². The molecule has 0 saturated carbocycles. The SMILES string of the molecule is C#CCOCCOCCOCCNc1nc(N2CCN(C(=O)C([C@@H](C)CC)n3cc(C(N)CC(C)C)nn3)CC2)nc(N2CCN(C(=O)[C@H](CCC(=O)O)n3cc(C(N)Cc4ccc(O)cc4)nn3)CC2)n1. The molecule has 1 aromatic carbocycles. The quantitative estimate of drug-likeness (QED) is 0.0401. The fourth-order valence-corrected chi connectivity index (χ4v) is 8.47. The summed E-state index contributed by atoms with van der Waals surface area (Å²) in [5.41, 5.74) is 14.9. The molecule has 2 aliphatic rings. The number of hydrogen-bond acceptors (Lipinski definition) is 19. The van der Waals surface area contributed by atoms with Gasteiger partial charge in [-0.15, -0.1) is 16.6 Å². The van der Waals surface area contributed by atoms with Gasteiger partial charge in [0.1, 0.15) is 24.4 Å². The molecule has 3 unspecified atom stereocenters. The average molecular weight is 1000 g/mol. The zero-order valence-corrected chi connectivity index (χ0v) is 42.0. The van der Waals surface area contributed by atoms with Crippen molar-refractivity contribution < 1.29 is 38.8 Å². The van der Waals surface area contributed by atoms with E-state index in [-0.39, 0.29) is 49.0 Å². The van der Waals surface area contributed by atoms with Crippen LogP contribution < -0.4 is 26.6 Å². The molecule has 72 heavy (non-hydrogen) atoms. The Balaban J connectivity index is 1.12. The number of carboxylic acid groups (broad SMARTS) is 1. The maximum atomic E-state index is 14.3. The van der Waals surface area contributed by atoms with Gasteiger partial charge in [-0.3, -0.25) is 14.4 Å². The Kier molecular flexibility index (Phi) is 20.8. The number of aliphatic carboxylic acids is 1. The third-order valence-electron chi connectivity index (χ3n) is 12.7. The Morgan fingerprint density at radius 1 is 0.764 bits per heavy atom. The molecule has 24 nitrogen and oxygen atoms in total. The van der Waals surface area contributed by atoms with Gasteiger partial charge < -0.3 is 60.8 Å². The summed E-state index contributed by atoms with van der Waals surface area (Å²) in [7, 11) is 0. The van der Waals surface area contributed by atoms with Crippen molar-refractivity contribution in [3.8, 4) is 18.1 Å². The molecule has 2 saturated heterocycles. The van der Waals surface area contributed by atoms with Crippen molar-refractivity contribution in [2.75, 3.05) is 114 Å². The number of aromatic hydroxyl groups is 1. The van der Waals surface area contributed by atoms with Crippen LogP contribution >= 0.6 is 0 Å². The van der Waals surface area contributed by atoms with E-state index in [9.17, 15) is 24.6 Å². The molecule has 2 amide bonds. The summed E-state index contributed by atoms with van der Waals surface area (Å²) in [5.74, 6) is 2.77. The largest absolute Gasteiger partial charge is 0.508 e. The Bertz CT molecular complexity index is 2360. The van der Waals surface area contributed by atoms with Crippen molar-refractivity contribution in [2.45, 2.75) is 84.0 Å². The highest BCUT2D eigenvalue weighted by atomic mass is 16.5. The molecule has 2 fully saturated rings. The number of ether oxygens (including phenoxy) is 3. The number of amides is 2. The molecule has 0 spiro atoms. The van der Waals surface area contributed by atoms with Gasteiger partial charge in [0.05, 0.1) is 68.9 Å². The number of nitrogens with zero attached hydrogens (tertiary/aromatic N) is 13. The van der Waals surface area contributed by atoms with Crippen LogP contribution in [0.1, 0.15) is 94.5 Å². The molecule has 392 valence electrons. The minimum atomic E-state index is -1.04. The molecular weight excluding hydrogens is 929 g/mol. The average Bonchev–Trinajstić information content (AvgIpc) is 4.08. The third kappa shape index (κ3) is 15.7. The van der Waals surface area contributed by atoms with Crippen LogP contribution in [0.15, 0.2) is 36.7 Å². The number of carboxylic acids is 1. The summed E-state index contributed by atoms with van der Waals surface area (Å²) in [6.45, 7) is 14.0. The first-order valence-corrected chi connectivity index (χ1v) is 24.8. The van der Waals surface area contributed by atoms with Crippen molar-refractivity contribution in [2.24, 2.45) is 23.3 Å². The maximum absolute atomic E-state index is 14.3. The van der Waals surface area contributed by atoms with E-state index in [0.717, 1.165) is 18.4 Å². The molecule has 0 aliphatic carbocycles. The van der Waals surface area contributed by atoms with E-state index in [4.69, 9.17) is 47.1 Å². The molecule has 5 atom stereocenters. The monoisotopic (exact) mass is 1000 g/mol. The number of phenolic OH excluding ortho intramolecular Hbond substituents is 1. The molecule has 6 rings (SSSR count). The van der Waals surface area contributed by atoms with Crippen molar-refractivity contribution in [3.05, 3.63) is 53.6 Å². The number of anilines is 3. The van der Waals surface area contributed by atoms with Crippen LogP contribution in [0.5, 0.6) is 5.75 Å². The van der Waals surface area contributed by atoms with Crippen LogP contribution in [0.4, 0.5) is 17.8 Å². The first-order chi connectivity index (χ1) is 34.7. The number of carbonyl (C=O) groups is 3. The second-order valence-electron chi connectivity index (χ2n) is 18.5. The minimum absolute atomic E-state index is 0.000756. The first-order valence-electron chi connectivity index (χ1n) is 24.8. The van der Waals surface area contributed by atoms with Crippen LogP contribution in [0.25, 0.3) is 0 Å². The van der Waals surface area contributed by atoms with E-state index in [2.05, 4.69) is 52.6 Å². The standard InChI is InChI=1S/C48H72N16O8/c1-6-23-70-25-27-72-28-26-71-24-14-51-46-52-47(54-48(53-46)62-21-17-60(18-22-62)45(69)43(34(5)7-2)64-32-40(56-58-64)37(49)29-33(3)4)61-19-15-59(16-20-61)44(68)41(12-13-42(66)67)63-31-39(55-57-63)38(50)30-35-8-10-36(65)11-9-35/h1,8-11,31-34,37-38,41,43,65H,7,12-30,49-50H2,2-5H3,(H,66,67)(H,51,52,53,54)/t34-,37?,38?,41-,43?/m0/s1. The van der Waals surface area contributed by atoms with E-state index >= 15 is 0 Å². The van der Waals surface area contributed by atoms with Crippen molar-refractivity contribution >= 4 is 35.6 Å². The molecule has 4 aromatic rings. The second-order valence-corrected chi connectivity index (χ2v) is 18.5. The molecular formula is C48H72N16O8. The van der Waals surface area contributed by atoms with Gasteiger partial charge in [0, 0.05) is 65.3 Å². The lowest BCUT2D eigenvalue weighted by atomic mass is 9.97. The smallest absolute Gasteiger partial charge is 0.303 e. The fourth-order valence-electron chi connectivity index (χ4n) is 8.47. The number of piperazine rings is 2. The van der Waals surface area contributed by atoms with Crippen LogP contribution in [-0.4, -0.2) is 181 Å². The lowest BCUT2D eigenvalue weighted by Crippen LogP contribution is -2.52. The summed E-state index contributed by atoms with van der Waals surface area (Å²) < 4.78 is 19.6. The number of hydrogen-bond donors (Lipinski definition) is 5. The number of nitrogens with one attached hydrogen (secondary N) is 1. The van der Waals surface area contributed by atoms with Gasteiger partial charge in [-0.25, -0.2) is 9.36 Å². The summed E-state index contributed by atoms with van der Waals surface area (Å²) in [6.07, 6.45) is 10.3. The Morgan fingerprint density at radius 3 is 1.90 bits per heavy atom. The lowest BCUT2D eigenvalue weighted by Gasteiger charge is -2.38. The molecule has 7 N–H and O–H groups in total. The van der Waals surface area contributed by atoms with Gasteiger partial charge in [-0.05, 0) is 48.8 Å². The van der Waals surface area contributed by atoms with E-state index < -0.39 is 24.1 Å². The predicted molar refractivity (Wildman–Crippen MR) is 267 cm³/mol. The van der Waals surface area contributed by atoms with Crippen LogP contribution in [0.2, 0.25) is 0 Å². The molecule has 5 heterocycles. The number of rotatable bonds is 28. The fraction of sp³-hybridized carbons (Fsp3) is 0.625. The van der Waals surface area contributed by atoms with Gasteiger partial charge in [0.2, 0.25) is 29.7 Å². The van der Waals surface area contributed by atoms with Crippen molar-refractivity contribution in [3.63, 3.8) is 0 Å². The lowest BCUT2D eigenvalue weighted by molar-refractivity contribution is -0.139. The zero-order valence-electron chi connectivity index (χ0n) is 42.0. The van der Waals surface area contributed by atoms with Crippen molar-refractivity contribution in [1.29, 1.82) is 0 Å². The number of aromatic nitrogens is 9.